The number of hydrogen-bond acceptors (Lipinski definition) is 6. The lowest BCUT2D eigenvalue weighted by atomic mass is 10.1. The van der Waals surface area contributed by atoms with E-state index in [2.05, 4.69) is 84.2 Å². The summed E-state index contributed by atoms with van der Waals surface area (Å²) in [6.07, 6.45) is 7.58. The fraction of sp³-hybridized carbons (Fsp3) is 0.588. The first-order valence-corrected chi connectivity index (χ1v) is 17.7. The lowest BCUT2D eigenvalue weighted by Gasteiger charge is -2.43. The predicted molar refractivity (Wildman–Crippen MR) is 176 cm³/mol. The molecule has 8 nitrogen and oxygen atoms in total. The number of hydrogen-bond donors (Lipinski definition) is 0. The Morgan fingerprint density at radius 1 is 0.953 bits per heavy atom. The Balaban J connectivity index is 2.11. The molecule has 1 unspecified atom stereocenters. The van der Waals surface area contributed by atoms with Gasteiger partial charge < -0.3 is 9.16 Å². The van der Waals surface area contributed by atoms with Gasteiger partial charge in [0.05, 0.1) is 11.8 Å². The molecule has 0 aliphatic heterocycles. The van der Waals surface area contributed by atoms with Crippen molar-refractivity contribution < 1.29 is 18.8 Å². The second-order valence-electron chi connectivity index (χ2n) is 13.6. The predicted octanol–water partition coefficient (Wildman–Crippen LogP) is 8.81. The molecule has 0 bridgehead atoms. The van der Waals surface area contributed by atoms with E-state index in [0.29, 0.717) is 33.2 Å². The summed E-state index contributed by atoms with van der Waals surface area (Å²) < 4.78 is 15.7. The quantitative estimate of drug-likeness (QED) is 0.0992. The van der Waals surface area contributed by atoms with Crippen molar-refractivity contribution in [3.63, 3.8) is 0 Å². The number of carbonyl (C=O) groups excluding carboxylic acids is 2. The molecule has 3 aromatic rings. The highest BCUT2D eigenvalue weighted by Gasteiger charge is 2.46. The lowest BCUT2D eigenvalue weighted by molar-refractivity contribution is 0.0543. The van der Waals surface area contributed by atoms with Crippen molar-refractivity contribution in [2.75, 3.05) is 0 Å². The van der Waals surface area contributed by atoms with Gasteiger partial charge in [-0.2, -0.15) is 5.10 Å². The number of Topliss-reactive ketones (excluding diaryl/α,β-unsaturated/α-hetero) is 1. The van der Waals surface area contributed by atoms with Crippen LogP contribution in [0, 0.1) is 11.8 Å². The first-order chi connectivity index (χ1) is 20.0. The van der Waals surface area contributed by atoms with Crippen LogP contribution in [0.3, 0.4) is 0 Å². The van der Waals surface area contributed by atoms with E-state index in [1.54, 1.807) is 33.2 Å². The Morgan fingerprint density at radius 3 is 2.09 bits per heavy atom. The molecule has 0 fully saturated rings. The van der Waals surface area contributed by atoms with Crippen molar-refractivity contribution in [2.24, 2.45) is 0 Å². The number of carbonyl (C=O) groups is 2. The topological polar surface area (TPSA) is 88.2 Å². The molecule has 3 aromatic heterocycles. The maximum Gasteiger partial charge on any atom is 0.420 e. The molecule has 0 radical (unpaired) electrons. The van der Waals surface area contributed by atoms with Crippen molar-refractivity contribution in [2.45, 2.75) is 130 Å². The second kappa shape index (κ2) is 13.6. The second-order valence-corrected chi connectivity index (χ2v) is 19.0. The molecule has 0 saturated carbocycles. The zero-order chi connectivity index (χ0) is 32.3. The number of nitrogens with zero attached hydrogens (tertiary/aromatic N) is 4. The minimum absolute atomic E-state index is 0.202. The fourth-order valence-electron chi connectivity index (χ4n) is 5.96. The minimum atomic E-state index is -2.20. The van der Waals surface area contributed by atoms with Gasteiger partial charge in [0.15, 0.2) is 0 Å². The first-order valence-electron chi connectivity index (χ1n) is 15.5. The van der Waals surface area contributed by atoms with Gasteiger partial charge in [-0.05, 0) is 69.6 Å². The Morgan fingerprint density at radius 2 is 1.58 bits per heavy atom. The van der Waals surface area contributed by atoms with E-state index in [1.807, 2.05) is 16.9 Å². The van der Waals surface area contributed by atoms with Gasteiger partial charge in [-0.15, -0.1) is 0 Å². The minimum Gasteiger partial charge on any atom is -0.443 e. The summed E-state index contributed by atoms with van der Waals surface area (Å²) in [6, 6.07) is 2.07. The smallest absolute Gasteiger partial charge is 0.420 e. The van der Waals surface area contributed by atoms with Crippen LogP contribution in [0.4, 0.5) is 4.79 Å². The van der Waals surface area contributed by atoms with Crippen LogP contribution in [0.2, 0.25) is 16.6 Å². The summed E-state index contributed by atoms with van der Waals surface area (Å²) in [6.45, 7) is 25.1. The van der Waals surface area contributed by atoms with Crippen LogP contribution in [-0.2, 0) is 9.16 Å². The molecule has 0 aliphatic carbocycles. The summed E-state index contributed by atoms with van der Waals surface area (Å²) in [5.41, 5.74) is 2.79. The van der Waals surface area contributed by atoms with Gasteiger partial charge >= 0.3 is 6.09 Å². The van der Waals surface area contributed by atoms with Gasteiger partial charge in [-0.1, -0.05) is 60.8 Å². The summed E-state index contributed by atoms with van der Waals surface area (Å²) in [5.74, 6) is 5.70. The van der Waals surface area contributed by atoms with E-state index in [1.165, 1.54) is 10.8 Å². The van der Waals surface area contributed by atoms with E-state index in [9.17, 15) is 9.59 Å². The molecule has 43 heavy (non-hydrogen) atoms. The van der Waals surface area contributed by atoms with E-state index in [0.717, 1.165) is 24.0 Å². The average Bonchev–Trinajstić information content (AvgIpc) is 3.54. The van der Waals surface area contributed by atoms with Crippen molar-refractivity contribution in [1.82, 2.24) is 19.3 Å². The third kappa shape index (κ3) is 7.65. The van der Waals surface area contributed by atoms with E-state index < -0.39 is 20.0 Å². The van der Waals surface area contributed by atoms with Crippen molar-refractivity contribution in [3.8, 4) is 23.0 Å². The van der Waals surface area contributed by atoms with Gasteiger partial charge in [-0.3, -0.25) is 9.48 Å². The lowest BCUT2D eigenvalue weighted by Crippen LogP contribution is -2.50. The van der Waals surface area contributed by atoms with Crippen molar-refractivity contribution in [1.29, 1.82) is 0 Å². The Bertz CT molecular complexity index is 1480. The highest BCUT2D eigenvalue weighted by atomic mass is 28.4. The Kier molecular flexibility index (Phi) is 10.8. The van der Waals surface area contributed by atoms with Crippen LogP contribution in [0.25, 0.3) is 22.2 Å². The van der Waals surface area contributed by atoms with Gasteiger partial charge in [0.25, 0.3) is 0 Å². The van der Waals surface area contributed by atoms with Crippen molar-refractivity contribution in [3.05, 3.63) is 36.4 Å². The highest BCUT2D eigenvalue weighted by molar-refractivity contribution is 6.77. The molecular weight excluding hydrogens is 556 g/mol. The molecular formula is C34H50N4O4Si. The summed E-state index contributed by atoms with van der Waals surface area (Å²) in [4.78, 5) is 31.5. The molecule has 1 atom stereocenters. The molecule has 3 heterocycles. The fourth-order valence-corrected chi connectivity index (χ4v) is 11.4. The van der Waals surface area contributed by atoms with E-state index in [4.69, 9.17) is 9.16 Å². The van der Waals surface area contributed by atoms with Crippen LogP contribution < -0.4 is 0 Å². The van der Waals surface area contributed by atoms with Crippen LogP contribution >= 0.6 is 0 Å². The third-order valence-electron chi connectivity index (χ3n) is 7.89. The molecule has 0 amide bonds. The molecule has 0 saturated heterocycles. The summed E-state index contributed by atoms with van der Waals surface area (Å²) >= 11 is 0. The number of ether oxygens (including phenoxy) is 1. The number of ketones is 1. The van der Waals surface area contributed by atoms with Crippen LogP contribution in [0.15, 0.2) is 30.9 Å². The van der Waals surface area contributed by atoms with Gasteiger partial charge in [0, 0.05) is 41.1 Å². The Labute approximate surface area is 258 Å². The standard InChI is InChI=1S/C34H50N4O4Si/c1-13-14-28(42-43(23(4)5,24(6)7)25(8)9)15-16-31(39)30-21-37(33(40)41-34(10,11)12)32-29(30)17-26(18-35-32)27-19-36-38(20-27)22(2)3/h17-25,28H,13-14H2,1-12H3. The largest absolute Gasteiger partial charge is 0.443 e. The van der Waals surface area contributed by atoms with E-state index >= 15 is 0 Å². The van der Waals surface area contributed by atoms with Crippen molar-refractivity contribution >= 4 is 31.2 Å². The average molecular weight is 607 g/mol. The van der Waals surface area contributed by atoms with E-state index in [-0.39, 0.29) is 17.9 Å². The molecule has 9 heteroatoms. The molecule has 0 aromatic carbocycles. The maximum absolute atomic E-state index is 13.8. The molecule has 3 rings (SSSR count). The number of rotatable bonds is 10. The number of fused-ring (bicyclic) bond motifs is 1. The maximum atomic E-state index is 13.8. The summed E-state index contributed by atoms with van der Waals surface area (Å²) in [7, 11) is -2.20. The summed E-state index contributed by atoms with van der Waals surface area (Å²) in [5, 5.41) is 4.98. The number of aromatic nitrogens is 4. The zero-order valence-electron chi connectivity index (χ0n) is 28.1. The Hall–Kier alpha value is -3.22. The monoisotopic (exact) mass is 606 g/mol. The van der Waals surface area contributed by atoms with Crippen LogP contribution in [0.5, 0.6) is 0 Å². The van der Waals surface area contributed by atoms with Gasteiger partial charge in [-0.25, -0.2) is 14.3 Å². The van der Waals surface area contributed by atoms with Gasteiger partial charge in [0.1, 0.15) is 17.4 Å². The first kappa shape index (κ1) is 34.3. The molecule has 0 N–H and O–H groups in total. The SMILES string of the molecule is CCCC(C#CC(=O)c1cn(C(=O)OC(C)(C)C)c2ncc(-c3cnn(C(C)C)c3)cc12)O[Si](C(C)C)(C(C)C)C(C)C. The van der Waals surface area contributed by atoms with Crippen LogP contribution in [0.1, 0.15) is 112 Å². The highest BCUT2D eigenvalue weighted by Crippen LogP contribution is 2.43. The van der Waals surface area contributed by atoms with Crippen LogP contribution in [-0.4, -0.2) is 51.2 Å². The van der Waals surface area contributed by atoms with Gasteiger partial charge in [0.2, 0.25) is 14.1 Å². The molecule has 234 valence electrons. The zero-order valence-corrected chi connectivity index (χ0v) is 29.1. The molecule has 0 aliphatic rings. The normalized spacial score (nSPS) is 13.2. The third-order valence-corrected chi connectivity index (χ3v) is 14.0. The molecule has 0 spiro atoms. The number of pyridine rings is 1.